The topological polar surface area (TPSA) is 74.2 Å². The van der Waals surface area contributed by atoms with E-state index in [2.05, 4.69) is 35.1 Å². The van der Waals surface area contributed by atoms with Gasteiger partial charge in [-0.05, 0) is 43.2 Å². The third-order valence-electron chi connectivity index (χ3n) is 6.08. The second kappa shape index (κ2) is 7.80. The predicted octanol–water partition coefficient (Wildman–Crippen LogP) is 3.11. The van der Waals surface area contributed by atoms with Crippen LogP contribution < -0.4 is 0 Å². The van der Waals surface area contributed by atoms with Crippen molar-refractivity contribution in [3.05, 3.63) is 53.7 Å². The molecule has 1 aliphatic rings. The van der Waals surface area contributed by atoms with Gasteiger partial charge in [-0.15, -0.1) is 0 Å². The number of benzene rings is 1. The van der Waals surface area contributed by atoms with Crippen molar-refractivity contribution in [2.24, 2.45) is 13.0 Å². The Labute approximate surface area is 165 Å². The van der Waals surface area contributed by atoms with Gasteiger partial charge in [-0.25, -0.2) is 4.98 Å². The molecule has 1 amide bonds. The molecular weight excluding hydrogens is 352 g/mol. The van der Waals surface area contributed by atoms with Gasteiger partial charge in [0.05, 0.1) is 0 Å². The molecule has 1 saturated heterocycles. The molecule has 1 fully saturated rings. The van der Waals surface area contributed by atoms with Gasteiger partial charge in [-0.3, -0.25) is 4.79 Å². The number of para-hydroxylation sites is 1. The molecule has 0 aliphatic carbocycles. The Morgan fingerprint density at radius 2 is 2.14 bits per heavy atom. The summed E-state index contributed by atoms with van der Waals surface area (Å²) in [5.74, 6) is 1.06. The third kappa shape index (κ3) is 3.56. The summed E-state index contributed by atoms with van der Waals surface area (Å²) >= 11 is 0. The highest BCUT2D eigenvalue weighted by Gasteiger charge is 2.29. The molecule has 4 rings (SSSR count). The first-order valence-corrected chi connectivity index (χ1v) is 10.0. The van der Waals surface area contributed by atoms with Gasteiger partial charge in [0.25, 0.3) is 0 Å². The summed E-state index contributed by atoms with van der Waals surface area (Å²) in [6, 6.07) is 6.27. The van der Waals surface area contributed by atoms with Crippen molar-refractivity contribution < 1.29 is 9.90 Å². The van der Waals surface area contributed by atoms with Crippen LogP contribution in [0.15, 0.2) is 36.8 Å². The van der Waals surface area contributed by atoms with Crippen molar-refractivity contribution in [2.45, 2.75) is 38.7 Å². The molecule has 0 saturated carbocycles. The highest BCUT2D eigenvalue weighted by atomic mass is 16.3. The molecule has 28 heavy (non-hydrogen) atoms. The summed E-state index contributed by atoms with van der Waals surface area (Å²) in [5, 5.41) is 11.8. The SMILES string of the molecule is Cc1cccc2c(CCC(=O)N3CCC([C@H](O)c4nccn4C)CC3)c[nH]c12. The predicted molar refractivity (Wildman–Crippen MR) is 109 cm³/mol. The van der Waals surface area contributed by atoms with Gasteiger partial charge in [0, 0.05) is 56.1 Å². The zero-order valence-corrected chi connectivity index (χ0v) is 16.6. The van der Waals surface area contributed by atoms with Crippen molar-refractivity contribution >= 4 is 16.8 Å². The number of amides is 1. The van der Waals surface area contributed by atoms with Crippen molar-refractivity contribution in [3.63, 3.8) is 0 Å². The number of rotatable bonds is 5. The summed E-state index contributed by atoms with van der Waals surface area (Å²) in [7, 11) is 1.90. The van der Waals surface area contributed by atoms with Gasteiger partial charge < -0.3 is 19.6 Å². The number of nitrogens with one attached hydrogen (secondary N) is 1. The largest absolute Gasteiger partial charge is 0.385 e. The quantitative estimate of drug-likeness (QED) is 0.714. The number of H-pyrrole nitrogens is 1. The molecular formula is C22H28N4O2. The number of carbonyl (C=O) groups excluding carboxylic acids is 1. The van der Waals surface area contributed by atoms with Crippen LogP contribution in [0.2, 0.25) is 0 Å². The lowest BCUT2D eigenvalue weighted by atomic mass is 9.90. The van der Waals surface area contributed by atoms with Crippen LogP contribution >= 0.6 is 0 Å². The van der Waals surface area contributed by atoms with Crippen LogP contribution in [-0.2, 0) is 18.3 Å². The third-order valence-corrected chi connectivity index (χ3v) is 6.08. The summed E-state index contributed by atoms with van der Waals surface area (Å²) in [6.45, 7) is 3.51. The molecule has 1 aliphatic heterocycles. The number of aromatic nitrogens is 3. The molecule has 2 N–H and O–H groups in total. The van der Waals surface area contributed by atoms with Gasteiger partial charge in [0.1, 0.15) is 11.9 Å². The molecule has 6 nitrogen and oxygen atoms in total. The van der Waals surface area contributed by atoms with Crippen molar-refractivity contribution in [2.75, 3.05) is 13.1 Å². The second-order valence-electron chi connectivity index (χ2n) is 7.87. The molecule has 0 radical (unpaired) electrons. The number of fused-ring (bicyclic) bond motifs is 1. The van der Waals surface area contributed by atoms with E-state index in [9.17, 15) is 9.90 Å². The van der Waals surface area contributed by atoms with Crippen LogP contribution in [0.5, 0.6) is 0 Å². The number of imidazole rings is 1. The number of aromatic amines is 1. The molecule has 2 aromatic heterocycles. The maximum absolute atomic E-state index is 12.7. The van der Waals surface area contributed by atoms with Gasteiger partial charge in [-0.2, -0.15) is 0 Å². The fourth-order valence-electron chi connectivity index (χ4n) is 4.31. The van der Waals surface area contributed by atoms with Crippen LogP contribution in [0.1, 0.15) is 42.3 Å². The normalized spacial score (nSPS) is 16.6. The number of piperidine rings is 1. The maximum atomic E-state index is 12.7. The number of aliphatic hydroxyl groups excluding tert-OH is 1. The van der Waals surface area contributed by atoms with Crippen LogP contribution in [0.4, 0.5) is 0 Å². The molecule has 0 bridgehead atoms. The van der Waals surface area contributed by atoms with E-state index in [0.29, 0.717) is 25.3 Å². The Kier molecular flexibility index (Phi) is 5.22. The fourth-order valence-corrected chi connectivity index (χ4v) is 4.31. The van der Waals surface area contributed by atoms with Gasteiger partial charge in [-0.1, -0.05) is 18.2 Å². The molecule has 0 unspecified atom stereocenters. The second-order valence-corrected chi connectivity index (χ2v) is 7.87. The Morgan fingerprint density at radius 1 is 1.36 bits per heavy atom. The summed E-state index contributed by atoms with van der Waals surface area (Å²) in [6.07, 6.45) is 7.92. The first-order chi connectivity index (χ1) is 13.5. The Hall–Kier alpha value is -2.60. The first-order valence-electron chi connectivity index (χ1n) is 10.0. The minimum atomic E-state index is -0.563. The van der Waals surface area contributed by atoms with Gasteiger partial charge in [0.15, 0.2) is 0 Å². The molecule has 1 atom stereocenters. The highest BCUT2D eigenvalue weighted by Crippen LogP contribution is 2.30. The minimum absolute atomic E-state index is 0.154. The van der Waals surface area contributed by atoms with Crippen LogP contribution in [0.3, 0.4) is 0 Å². The van der Waals surface area contributed by atoms with E-state index in [0.717, 1.165) is 24.8 Å². The van der Waals surface area contributed by atoms with Gasteiger partial charge in [0.2, 0.25) is 5.91 Å². The monoisotopic (exact) mass is 380 g/mol. The number of hydrogen-bond acceptors (Lipinski definition) is 3. The average Bonchev–Trinajstić information content (AvgIpc) is 3.32. The van der Waals surface area contributed by atoms with Crippen LogP contribution in [0.25, 0.3) is 10.9 Å². The highest BCUT2D eigenvalue weighted by molar-refractivity contribution is 5.86. The van der Waals surface area contributed by atoms with Crippen molar-refractivity contribution in [3.8, 4) is 0 Å². The molecule has 148 valence electrons. The maximum Gasteiger partial charge on any atom is 0.222 e. The number of aryl methyl sites for hydroxylation is 3. The smallest absolute Gasteiger partial charge is 0.222 e. The van der Waals surface area contributed by atoms with E-state index in [1.165, 1.54) is 16.5 Å². The van der Waals surface area contributed by atoms with Gasteiger partial charge >= 0.3 is 0 Å². The number of carbonyl (C=O) groups is 1. The Bertz CT molecular complexity index is 966. The Balaban J connectivity index is 1.32. The minimum Gasteiger partial charge on any atom is -0.385 e. The van der Waals surface area contributed by atoms with E-state index in [4.69, 9.17) is 0 Å². The Morgan fingerprint density at radius 3 is 2.86 bits per heavy atom. The molecule has 6 heteroatoms. The molecule has 3 aromatic rings. The van der Waals surface area contributed by atoms with E-state index >= 15 is 0 Å². The van der Waals surface area contributed by atoms with E-state index < -0.39 is 6.10 Å². The zero-order chi connectivity index (χ0) is 19.7. The lowest BCUT2D eigenvalue weighted by Crippen LogP contribution is -2.40. The van der Waals surface area contributed by atoms with Crippen molar-refractivity contribution in [1.82, 2.24) is 19.4 Å². The van der Waals surface area contributed by atoms with Crippen LogP contribution in [0, 0.1) is 12.8 Å². The van der Waals surface area contributed by atoms with Crippen molar-refractivity contribution in [1.29, 1.82) is 0 Å². The number of nitrogens with zero attached hydrogens (tertiary/aromatic N) is 3. The molecule has 3 heterocycles. The summed E-state index contributed by atoms with van der Waals surface area (Å²) < 4.78 is 1.87. The first kappa shape index (κ1) is 18.7. The lowest BCUT2D eigenvalue weighted by molar-refractivity contribution is -0.133. The number of likely N-dealkylation sites (tertiary alicyclic amines) is 1. The standard InChI is InChI=1S/C22H28N4O2/c1-15-4-3-5-18-17(14-24-20(15)18)6-7-19(27)26-11-8-16(9-12-26)21(28)22-23-10-13-25(22)2/h3-5,10,13-14,16,21,24,28H,6-9,11-12H2,1-2H3/t21-/m0/s1. The lowest BCUT2D eigenvalue weighted by Gasteiger charge is -2.34. The molecule has 1 aromatic carbocycles. The fraction of sp³-hybridized carbons (Fsp3) is 0.455. The number of aliphatic hydroxyl groups is 1. The van der Waals surface area contributed by atoms with E-state index in [1.54, 1.807) is 6.20 Å². The zero-order valence-electron chi connectivity index (χ0n) is 16.6. The average molecular weight is 380 g/mol. The van der Waals surface area contributed by atoms with E-state index in [1.807, 2.05) is 28.9 Å². The van der Waals surface area contributed by atoms with E-state index in [-0.39, 0.29) is 11.8 Å². The number of hydrogen-bond donors (Lipinski definition) is 2. The van der Waals surface area contributed by atoms with Crippen LogP contribution in [-0.4, -0.2) is 43.5 Å². The summed E-state index contributed by atoms with van der Waals surface area (Å²) in [5.41, 5.74) is 3.59. The molecule has 0 spiro atoms. The summed E-state index contributed by atoms with van der Waals surface area (Å²) in [4.78, 5) is 22.2.